The Morgan fingerprint density at radius 1 is 1.00 bits per heavy atom. The van der Waals surface area contributed by atoms with Crippen LogP contribution in [0.2, 0.25) is 5.02 Å². The number of esters is 2. The molecule has 9 nitrogen and oxygen atoms in total. The Bertz CT molecular complexity index is 1580. The first kappa shape index (κ1) is 35.2. The quantitative estimate of drug-likeness (QED) is 0.127. The lowest BCUT2D eigenvalue weighted by molar-refractivity contribution is -0.351. The third-order valence-electron chi connectivity index (χ3n) is 6.03. The van der Waals surface area contributed by atoms with Crippen LogP contribution in [0.1, 0.15) is 58.6 Å². The van der Waals surface area contributed by atoms with Crippen molar-refractivity contribution in [1.82, 2.24) is 5.32 Å². The van der Waals surface area contributed by atoms with E-state index in [0.29, 0.717) is 15.1 Å². The molecule has 1 N–H and O–H groups in total. The Kier molecular flexibility index (Phi) is 11.4. The lowest BCUT2D eigenvalue weighted by Gasteiger charge is -2.34. The molecule has 2 aromatic carbocycles. The average Bonchev–Trinajstić information content (AvgIpc) is 3.32. The normalized spacial score (nSPS) is 14.4. The number of hydrogen-bond acceptors (Lipinski definition) is 9. The number of rotatable bonds is 11. The molecular formula is C30H32ClF2NO8PS+. The van der Waals surface area contributed by atoms with Gasteiger partial charge in [0.15, 0.2) is 24.3 Å². The standard InChI is InChI=1S/C30H31ClF2NO8PS/c1-28(2,3)26(36)39-16-40-30(42-43-38,41-27(37)29(4,5)6)24(20-15-44-23-10-8-18(31)14-19(20)23)25(35)34-12-11-17-7-9-21(32)22(33)13-17/h7-15,24,43H,16H2,1-6H3/p+1. The minimum Gasteiger partial charge on any atom is -0.438 e. The number of hydrogen-bond donors (Lipinski definition) is 1. The highest BCUT2D eigenvalue weighted by molar-refractivity contribution is 7.17. The van der Waals surface area contributed by atoms with Gasteiger partial charge in [0.25, 0.3) is 0 Å². The Balaban J connectivity index is 2.16. The van der Waals surface area contributed by atoms with Crippen molar-refractivity contribution in [3.8, 4) is 0 Å². The number of carbonyl (C=O) groups excluding carboxylic acids is 3. The zero-order valence-electron chi connectivity index (χ0n) is 24.8. The van der Waals surface area contributed by atoms with E-state index in [1.165, 1.54) is 23.5 Å². The molecule has 0 fully saturated rings. The van der Waals surface area contributed by atoms with Gasteiger partial charge in [0.05, 0.1) is 10.8 Å². The summed E-state index contributed by atoms with van der Waals surface area (Å²) >= 11 is 7.51. The van der Waals surface area contributed by atoms with Crippen LogP contribution in [0.15, 0.2) is 48.0 Å². The first-order chi connectivity index (χ1) is 20.5. The number of fused-ring (bicyclic) bond motifs is 1. The second-order valence-corrected chi connectivity index (χ2v) is 13.4. The van der Waals surface area contributed by atoms with Gasteiger partial charge >= 0.3 is 26.6 Å². The fraction of sp³-hybridized carbons (Fsp3) is 0.367. The maximum absolute atomic E-state index is 14.0. The molecule has 1 aromatic heterocycles. The van der Waals surface area contributed by atoms with Crippen molar-refractivity contribution in [3.63, 3.8) is 0 Å². The van der Waals surface area contributed by atoms with E-state index in [1.54, 1.807) is 65.1 Å². The Hall–Kier alpha value is -3.28. The van der Waals surface area contributed by atoms with E-state index in [4.69, 9.17) is 30.3 Å². The first-order valence-corrected chi connectivity index (χ1v) is 15.2. The van der Waals surface area contributed by atoms with E-state index in [1.807, 2.05) is 0 Å². The van der Waals surface area contributed by atoms with Crippen LogP contribution < -0.4 is 5.32 Å². The molecule has 0 bridgehead atoms. The first-order valence-electron chi connectivity index (χ1n) is 13.2. The van der Waals surface area contributed by atoms with Gasteiger partial charge in [0, 0.05) is 15.9 Å². The maximum atomic E-state index is 14.0. The van der Waals surface area contributed by atoms with Crippen molar-refractivity contribution in [3.05, 3.63) is 75.8 Å². The van der Waals surface area contributed by atoms with E-state index in [-0.39, 0.29) is 11.1 Å². The third-order valence-corrected chi connectivity index (χ3v) is 7.62. The van der Waals surface area contributed by atoms with E-state index in [2.05, 4.69) is 5.32 Å². The third kappa shape index (κ3) is 8.67. The predicted octanol–water partition coefficient (Wildman–Crippen LogP) is 7.47. The summed E-state index contributed by atoms with van der Waals surface area (Å²) in [6.45, 7) is 8.59. The molecule has 3 atom stereocenters. The topological polar surface area (TPSA) is 117 Å². The van der Waals surface area contributed by atoms with Crippen LogP contribution in [0.5, 0.6) is 0 Å². The highest BCUT2D eigenvalue weighted by Gasteiger charge is 2.56. The summed E-state index contributed by atoms with van der Waals surface area (Å²) in [6.07, 6.45) is 2.45. The SMILES string of the molecule is CC(C)(C)C(=O)OCOC(O[PH+]=O)(OC(=O)C(C)(C)C)C(C(=O)NC=Cc1ccc(F)c(F)c1)c1csc2ccc(Cl)cc12. The van der Waals surface area contributed by atoms with E-state index >= 15 is 0 Å². The molecule has 0 saturated carbocycles. The number of halogens is 3. The molecule has 44 heavy (non-hydrogen) atoms. The number of ether oxygens (including phenoxy) is 3. The van der Waals surface area contributed by atoms with Crippen LogP contribution >= 0.6 is 31.6 Å². The summed E-state index contributed by atoms with van der Waals surface area (Å²) in [5.74, 6) is -9.00. The molecule has 236 valence electrons. The van der Waals surface area contributed by atoms with Gasteiger partial charge in [-0.05, 0) is 104 Å². The summed E-state index contributed by atoms with van der Waals surface area (Å²) in [5, 5.41) is 4.90. The lowest BCUT2D eigenvalue weighted by Crippen LogP contribution is -2.52. The number of nitrogens with one attached hydrogen (secondary N) is 1. The number of benzene rings is 2. The lowest BCUT2D eigenvalue weighted by atomic mass is 9.93. The molecule has 14 heteroatoms. The second kappa shape index (κ2) is 14.2. The van der Waals surface area contributed by atoms with Gasteiger partial charge < -0.3 is 14.8 Å². The van der Waals surface area contributed by atoms with Gasteiger partial charge in [0.2, 0.25) is 5.91 Å². The molecule has 3 rings (SSSR count). The summed E-state index contributed by atoms with van der Waals surface area (Å²) in [6, 6.07) is 8.08. The predicted molar refractivity (Wildman–Crippen MR) is 163 cm³/mol. The fourth-order valence-corrected chi connectivity index (χ4v) is 5.13. The van der Waals surface area contributed by atoms with E-state index in [9.17, 15) is 27.7 Å². The zero-order chi connectivity index (χ0) is 32.9. The second-order valence-electron chi connectivity index (χ2n) is 11.7. The van der Waals surface area contributed by atoms with E-state index < -0.39 is 67.7 Å². The number of carbonyl (C=O) groups is 3. The molecule has 0 aliphatic rings. The van der Waals surface area contributed by atoms with Gasteiger partial charge in [-0.3, -0.25) is 19.1 Å². The summed E-state index contributed by atoms with van der Waals surface area (Å²) in [7, 11) is -1.61. The molecule has 1 amide bonds. The van der Waals surface area contributed by atoms with Gasteiger partial charge in [-0.2, -0.15) is 0 Å². The minimum atomic E-state index is -2.72. The summed E-state index contributed by atoms with van der Waals surface area (Å²) in [5.41, 5.74) is -1.65. The van der Waals surface area contributed by atoms with Crippen molar-refractivity contribution in [1.29, 1.82) is 0 Å². The largest absolute Gasteiger partial charge is 0.500 e. The van der Waals surface area contributed by atoms with Crippen molar-refractivity contribution in [2.75, 3.05) is 6.79 Å². The van der Waals surface area contributed by atoms with Crippen molar-refractivity contribution in [2.24, 2.45) is 10.8 Å². The summed E-state index contributed by atoms with van der Waals surface area (Å²) < 4.78 is 62.1. The number of amides is 1. The van der Waals surface area contributed by atoms with Gasteiger partial charge in [-0.15, -0.1) is 11.3 Å². The highest BCUT2D eigenvalue weighted by Crippen LogP contribution is 2.44. The van der Waals surface area contributed by atoms with Crippen molar-refractivity contribution < 1.29 is 46.5 Å². The van der Waals surface area contributed by atoms with E-state index in [0.717, 1.165) is 18.3 Å². The minimum absolute atomic E-state index is 0.216. The monoisotopic (exact) mass is 670 g/mol. The molecule has 0 radical (unpaired) electrons. The van der Waals surface area contributed by atoms with Gasteiger partial charge in [-0.25, -0.2) is 8.78 Å². The molecule has 0 spiro atoms. The van der Waals surface area contributed by atoms with Crippen LogP contribution in [-0.2, 0) is 37.7 Å². The average molecular weight is 671 g/mol. The van der Waals surface area contributed by atoms with Crippen LogP contribution in [0, 0.1) is 22.5 Å². The van der Waals surface area contributed by atoms with Gasteiger partial charge in [0.1, 0.15) is 0 Å². The molecule has 0 aliphatic carbocycles. The van der Waals surface area contributed by atoms with Crippen LogP contribution in [0.25, 0.3) is 16.2 Å². The van der Waals surface area contributed by atoms with Crippen molar-refractivity contribution in [2.45, 2.75) is 53.4 Å². The zero-order valence-corrected chi connectivity index (χ0v) is 27.4. The molecule has 3 aromatic rings. The molecule has 1 heterocycles. The number of thiophene rings is 1. The van der Waals surface area contributed by atoms with Crippen molar-refractivity contribution >= 4 is 65.6 Å². The summed E-state index contributed by atoms with van der Waals surface area (Å²) in [4.78, 5) is 39.8. The molecule has 3 unspecified atom stereocenters. The molecule has 0 aliphatic heterocycles. The van der Waals surface area contributed by atoms with Crippen LogP contribution in [0.3, 0.4) is 0 Å². The maximum Gasteiger partial charge on any atom is 0.500 e. The fourth-order valence-electron chi connectivity index (χ4n) is 3.66. The molecule has 0 saturated heterocycles. The Morgan fingerprint density at radius 2 is 1.68 bits per heavy atom. The smallest absolute Gasteiger partial charge is 0.438 e. The highest BCUT2D eigenvalue weighted by atomic mass is 35.5. The molecular weight excluding hydrogens is 639 g/mol. The Morgan fingerprint density at radius 3 is 2.30 bits per heavy atom. The Labute approximate surface area is 263 Å². The van der Waals surface area contributed by atoms with Gasteiger partial charge in [-0.1, -0.05) is 22.2 Å². The van der Waals surface area contributed by atoms with Crippen LogP contribution in [-0.4, -0.2) is 30.6 Å². The van der Waals surface area contributed by atoms with Crippen LogP contribution in [0.4, 0.5) is 8.78 Å².